The zero-order valence-electron chi connectivity index (χ0n) is 22.4. The van der Waals surface area contributed by atoms with Crippen molar-refractivity contribution in [3.8, 4) is 0 Å². The van der Waals surface area contributed by atoms with Gasteiger partial charge in [0.05, 0.1) is 11.6 Å². The number of nitrogens with zero attached hydrogens (tertiary/aromatic N) is 1. The number of aromatic nitrogens is 1. The van der Waals surface area contributed by atoms with Crippen molar-refractivity contribution in [1.29, 1.82) is 0 Å². The van der Waals surface area contributed by atoms with Gasteiger partial charge in [0.2, 0.25) is 5.60 Å². The number of fused-ring (bicyclic) bond motifs is 6. The highest BCUT2D eigenvalue weighted by Gasteiger charge is 2.78. The van der Waals surface area contributed by atoms with Crippen LogP contribution in [0.15, 0.2) is 60.2 Å². The van der Waals surface area contributed by atoms with Crippen LogP contribution in [0.4, 0.5) is 8.78 Å². The topological polar surface area (TPSA) is 114 Å². The lowest BCUT2D eigenvalue weighted by atomic mass is 9.44. The number of carbonyl (C=O) groups is 3. The number of alkyl halides is 2. The number of aliphatic carboxylic acids is 1. The largest absolute Gasteiger partial charge is 0.478 e. The van der Waals surface area contributed by atoms with Gasteiger partial charge in [-0.2, -0.15) is 0 Å². The van der Waals surface area contributed by atoms with Crippen LogP contribution in [0.2, 0.25) is 0 Å². The van der Waals surface area contributed by atoms with Gasteiger partial charge in [0.25, 0.3) is 0 Å². The van der Waals surface area contributed by atoms with Crippen LogP contribution in [0, 0.1) is 28.6 Å². The summed E-state index contributed by atoms with van der Waals surface area (Å²) >= 11 is 0. The van der Waals surface area contributed by atoms with Crippen LogP contribution in [0.3, 0.4) is 0 Å². The minimum absolute atomic E-state index is 0.00856. The Morgan fingerprint density at radius 1 is 1.10 bits per heavy atom. The minimum atomic E-state index is -2.36. The van der Waals surface area contributed by atoms with Gasteiger partial charge in [0.1, 0.15) is 11.9 Å². The molecule has 4 aliphatic rings. The number of carbonyl (C=O) groups excluding carboxylic acids is 2. The van der Waals surface area contributed by atoms with Gasteiger partial charge in [-0.1, -0.05) is 44.2 Å². The molecule has 0 unspecified atom stereocenters. The van der Waals surface area contributed by atoms with Gasteiger partial charge in [-0.3, -0.25) is 4.79 Å². The Morgan fingerprint density at radius 2 is 1.82 bits per heavy atom. The number of benzene rings is 1. The molecule has 210 valence electrons. The Labute approximate surface area is 229 Å². The molecular weight excluding hydrogens is 520 g/mol. The van der Waals surface area contributed by atoms with Crippen molar-refractivity contribution in [3.05, 3.63) is 65.9 Å². The van der Waals surface area contributed by atoms with Crippen LogP contribution in [0.5, 0.6) is 0 Å². The molecule has 1 heterocycles. The summed E-state index contributed by atoms with van der Waals surface area (Å²) in [6, 6.07) is 10.3. The van der Waals surface area contributed by atoms with E-state index in [-0.39, 0.29) is 30.5 Å². The minimum Gasteiger partial charge on any atom is -0.478 e. The second-order valence-corrected chi connectivity index (χ2v) is 12.3. The number of aliphatic hydroxyl groups excluding tert-OH is 1. The molecule has 0 bridgehead atoms. The van der Waals surface area contributed by atoms with E-state index in [0.29, 0.717) is 5.52 Å². The highest BCUT2D eigenvalue weighted by Crippen LogP contribution is 2.71. The van der Waals surface area contributed by atoms with Crippen molar-refractivity contribution >= 4 is 28.6 Å². The summed E-state index contributed by atoms with van der Waals surface area (Å²) in [4.78, 5) is 43.0. The fraction of sp³-hybridized carbons (Fsp3) is 0.484. The lowest BCUT2D eigenvalue weighted by molar-refractivity contribution is -0.229. The predicted molar refractivity (Wildman–Crippen MR) is 141 cm³/mol. The SMILES string of the molecule is C[C@@H]1C[C@H]2[C@@H]3C[C@H](F)C4=CC(=O)C=C[C@]4(C)[C@@]3(F)[C@@H](O)C[C@]2(C)[C@@]1(OC(=O)c1ccc2ccccc2n1)C(=O)O. The second-order valence-electron chi connectivity index (χ2n) is 12.3. The summed E-state index contributed by atoms with van der Waals surface area (Å²) in [5, 5.41) is 23.0. The molecule has 4 aliphatic carbocycles. The summed E-state index contributed by atoms with van der Waals surface area (Å²) in [6.45, 7) is 4.72. The van der Waals surface area contributed by atoms with Crippen LogP contribution in [-0.4, -0.2) is 56.5 Å². The molecule has 9 atom stereocenters. The van der Waals surface area contributed by atoms with Crippen molar-refractivity contribution in [1.82, 2.24) is 4.98 Å². The fourth-order valence-electron chi connectivity index (χ4n) is 8.62. The van der Waals surface area contributed by atoms with Crippen molar-refractivity contribution in [3.63, 3.8) is 0 Å². The van der Waals surface area contributed by atoms with E-state index in [4.69, 9.17) is 4.74 Å². The van der Waals surface area contributed by atoms with Crippen LogP contribution in [0.25, 0.3) is 10.9 Å². The smallest absolute Gasteiger partial charge is 0.358 e. The van der Waals surface area contributed by atoms with Crippen LogP contribution in [-0.2, 0) is 14.3 Å². The molecule has 0 spiro atoms. The molecular formula is C31H31F2NO6. The van der Waals surface area contributed by atoms with Gasteiger partial charge in [0, 0.05) is 28.1 Å². The van der Waals surface area contributed by atoms with Crippen molar-refractivity contribution < 1.29 is 38.1 Å². The number of esters is 1. The number of ketones is 1. The lowest BCUT2D eigenvalue weighted by Gasteiger charge is -2.62. The van der Waals surface area contributed by atoms with E-state index >= 15 is 8.78 Å². The Balaban J connectivity index is 1.43. The van der Waals surface area contributed by atoms with E-state index in [2.05, 4.69) is 4.98 Å². The molecule has 0 aliphatic heterocycles. The van der Waals surface area contributed by atoms with E-state index in [1.165, 1.54) is 25.1 Å². The Hall–Kier alpha value is -3.46. The first-order valence-electron chi connectivity index (χ1n) is 13.6. The van der Waals surface area contributed by atoms with Crippen molar-refractivity contribution in [2.24, 2.45) is 28.6 Å². The second kappa shape index (κ2) is 8.52. The molecule has 1 aromatic carbocycles. The number of pyridine rings is 1. The molecule has 9 heteroatoms. The third-order valence-corrected chi connectivity index (χ3v) is 10.5. The monoisotopic (exact) mass is 551 g/mol. The summed E-state index contributed by atoms with van der Waals surface area (Å²) in [7, 11) is 0. The third kappa shape index (κ3) is 3.18. The lowest BCUT2D eigenvalue weighted by Crippen LogP contribution is -2.71. The highest BCUT2D eigenvalue weighted by molar-refractivity contribution is 6.01. The van der Waals surface area contributed by atoms with Gasteiger partial charge in [0.15, 0.2) is 11.5 Å². The molecule has 3 saturated carbocycles. The first kappa shape index (κ1) is 26.7. The molecule has 2 N–H and O–H groups in total. The Bertz CT molecular complexity index is 1520. The van der Waals surface area contributed by atoms with Gasteiger partial charge >= 0.3 is 11.9 Å². The molecule has 3 fully saturated rings. The van der Waals surface area contributed by atoms with Gasteiger partial charge in [-0.05, 0) is 62.0 Å². The number of hydrogen-bond donors (Lipinski definition) is 2. The molecule has 0 radical (unpaired) electrons. The van der Waals surface area contributed by atoms with Crippen LogP contribution >= 0.6 is 0 Å². The molecule has 0 saturated heterocycles. The van der Waals surface area contributed by atoms with Crippen molar-refractivity contribution in [2.75, 3.05) is 0 Å². The number of hydrogen-bond acceptors (Lipinski definition) is 6. The van der Waals surface area contributed by atoms with Gasteiger partial charge < -0.3 is 14.9 Å². The maximum absolute atomic E-state index is 17.4. The van der Waals surface area contributed by atoms with Gasteiger partial charge in [-0.25, -0.2) is 23.4 Å². The maximum atomic E-state index is 17.4. The summed E-state index contributed by atoms with van der Waals surface area (Å²) < 4.78 is 39.0. The zero-order chi connectivity index (χ0) is 28.8. The third-order valence-electron chi connectivity index (χ3n) is 10.5. The number of carboxylic acid groups (broad SMARTS) is 1. The zero-order valence-corrected chi connectivity index (χ0v) is 22.4. The van der Waals surface area contributed by atoms with E-state index < -0.39 is 69.9 Å². The standard InChI is InChI=1S/C31H31F2NO6/c1-16-12-19-20-14-22(32)21-13-18(35)10-11-28(21,2)30(20,33)25(36)15-29(19,3)31(16,27(38)39)40-26(37)24-9-8-17-6-4-5-7-23(17)34-24/h4-11,13,16,19-20,22,25,36H,12,14-15H2,1-3H3,(H,38,39)/t16-,19+,20+,22+,25+,28+,29+,30+,31+/m1/s1. The van der Waals surface area contributed by atoms with Gasteiger partial charge in [-0.15, -0.1) is 0 Å². The maximum Gasteiger partial charge on any atom is 0.358 e. The summed E-state index contributed by atoms with van der Waals surface area (Å²) in [6.07, 6.45) is -0.225. The number of ether oxygens (including phenoxy) is 1. The predicted octanol–water partition coefficient (Wildman–Crippen LogP) is 4.78. The number of carboxylic acids is 1. The number of halogens is 2. The number of allylic oxidation sites excluding steroid dienone is 4. The Kier molecular flexibility index (Phi) is 5.70. The first-order valence-corrected chi connectivity index (χ1v) is 13.6. The Morgan fingerprint density at radius 3 is 2.55 bits per heavy atom. The molecule has 1 aromatic heterocycles. The summed E-state index contributed by atoms with van der Waals surface area (Å²) in [5.41, 5.74) is -7.04. The number of rotatable bonds is 3. The highest BCUT2D eigenvalue weighted by atomic mass is 19.1. The van der Waals surface area contributed by atoms with Crippen LogP contribution in [0.1, 0.15) is 50.5 Å². The summed E-state index contributed by atoms with van der Waals surface area (Å²) in [5.74, 6) is -5.37. The molecule has 6 rings (SSSR count). The van der Waals surface area contributed by atoms with E-state index in [9.17, 15) is 24.6 Å². The van der Waals surface area contributed by atoms with E-state index in [0.717, 1.165) is 11.5 Å². The molecule has 40 heavy (non-hydrogen) atoms. The fourth-order valence-corrected chi connectivity index (χ4v) is 8.62. The number of para-hydroxylation sites is 1. The molecule has 2 aromatic rings. The quantitative estimate of drug-likeness (QED) is 0.528. The average Bonchev–Trinajstić information content (AvgIpc) is 3.13. The van der Waals surface area contributed by atoms with Crippen LogP contribution < -0.4 is 0 Å². The van der Waals surface area contributed by atoms with Crippen molar-refractivity contribution in [2.45, 2.75) is 63.6 Å². The van der Waals surface area contributed by atoms with E-state index in [1.807, 2.05) is 12.1 Å². The average molecular weight is 552 g/mol. The molecule has 7 nitrogen and oxygen atoms in total. The number of aliphatic hydroxyl groups is 1. The normalized spacial score (nSPS) is 42.0. The van der Waals surface area contributed by atoms with E-state index in [1.54, 1.807) is 32.0 Å². The first-order chi connectivity index (χ1) is 18.8. The molecule has 0 amide bonds.